The number of amides is 1. The van der Waals surface area contributed by atoms with Gasteiger partial charge in [0.05, 0.1) is 12.8 Å². The molecule has 0 saturated heterocycles. The molecule has 3 aromatic carbocycles. The second kappa shape index (κ2) is 7.04. The number of hydrogen-bond acceptors (Lipinski definition) is 3. The van der Waals surface area contributed by atoms with Crippen molar-refractivity contribution in [2.45, 2.75) is 13.0 Å². The molecule has 0 radical (unpaired) electrons. The number of methoxy groups -OCH3 is 1. The van der Waals surface area contributed by atoms with Crippen molar-refractivity contribution in [3.8, 4) is 5.75 Å². The van der Waals surface area contributed by atoms with Gasteiger partial charge in [0.25, 0.3) is 0 Å². The van der Waals surface area contributed by atoms with Gasteiger partial charge in [-0.15, -0.1) is 0 Å². The zero-order valence-electron chi connectivity index (χ0n) is 13.7. The van der Waals surface area contributed by atoms with Gasteiger partial charge in [0, 0.05) is 5.69 Å². The Labute approximate surface area is 141 Å². The maximum Gasteiger partial charge on any atom is 0.246 e. The molecule has 3 rings (SSSR count). The highest BCUT2D eigenvalue weighted by Crippen LogP contribution is 2.24. The van der Waals surface area contributed by atoms with Crippen LogP contribution in [0.5, 0.6) is 5.75 Å². The molecule has 0 aliphatic rings. The first-order valence-corrected chi connectivity index (χ1v) is 7.86. The number of hydrogen-bond donors (Lipinski definition) is 2. The van der Waals surface area contributed by atoms with Crippen molar-refractivity contribution in [1.82, 2.24) is 0 Å². The van der Waals surface area contributed by atoms with Crippen LogP contribution in [0.3, 0.4) is 0 Å². The minimum atomic E-state index is -0.379. The monoisotopic (exact) mass is 320 g/mol. The highest BCUT2D eigenvalue weighted by Gasteiger charge is 2.14. The summed E-state index contributed by atoms with van der Waals surface area (Å²) in [7, 11) is 1.59. The maximum atomic E-state index is 12.4. The van der Waals surface area contributed by atoms with Crippen molar-refractivity contribution in [2.75, 3.05) is 17.7 Å². The fourth-order valence-electron chi connectivity index (χ4n) is 2.58. The molecule has 0 saturated carbocycles. The summed E-state index contributed by atoms with van der Waals surface area (Å²) in [6.07, 6.45) is 0. The molecule has 0 aliphatic carbocycles. The first-order chi connectivity index (χ1) is 11.7. The minimum absolute atomic E-state index is 0.118. The Balaban J connectivity index is 1.71. The van der Waals surface area contributed by atoms with E-state index in [2.05, 4.69) is 22.8 Å². The molecule has 0 heterocycles. The lowest BCUT2D eigenvalue weighted by atomic mass is 10.1. The van der Waals surface area contributed by atoms with E-state index in [-0.39, 0.29) is 11.9 Å². The Kier molecular flexibility index (Phi) is 4.66. The Morgan fingerprint density at radius 1 is 0.958 bits per heavy atom. The summed E-state index contributed by atoms with van der Waals surface area (Å²) in [5, 5.41) is 8.44. The van der Waals surface area contributed by atoms with Gasteiger partial charge in [-0.2, -0.15) is 0 Å². The van der Waals surface area contributed by atoms with Crippen LogP contribution in [0.15, 0.2) is 66.7 Å². The van der Waals surface area contributed by atoms with Crippen LogP contribution in [0.2, 0.25) is 0 Å². The minimum Gasteiger partial charge on any atom is -0.495 e. The first kappa shape index (κ1) is 15.9. The highest BCUT2D eigenvalue weighted by molar-refractivity contribution is 5.97. The summed E-state index contributed by atoms with van der Waals surface area (Å²) in [4.78, 5) is 12.4. The summed E-state index contributed by atoms with van der Waals surface area (Å²) < 4.78 is 5.26. The van der Waals surface area contributed by atoms with Gasteiger partial charge in [-0.25, -0.2) is 0 Å². The average molecular weight is 320 g/mol. The number of carbonyl (C=O) groups excluding carboxylic acids is 1. The largest absolute Gasteiger partial charge is 0.495 e. The Bertz CT molecular complexity index is 861. The van der Waals surface area contributed by atoms with Crippen LogP contribution in [0.1, 0.15) is 6.92 Å². The van der Waals surface area contributed by atoms with Gasteiger partial charge in [-0.3, -0.25) is 4.79 Å². The predicted molar refractivity (Wildman–Crippen MR) is 98.7 cm³/mol. The lowest BCUT2D eigenvalue weighted by Gasteiger charge is -2.17. The van der Waals surface area contributed by atoms with Gasteiger partial charge in [-0.05, 0) is 42.0 Å². The van der Waals surface area contributed by atoms with E-state index in [1.165, 1.54) is 5.39 Å². The van der Waals surface area contributed by atoms with Gasteiger partial charge in [-0.1, -0.05) is 42.5 Å². The third-order valence-electron chi connectivity index (χ3n) is 3.89. The summed E-state index contributed by atoms with van der Waals surface area (Å²) in [5.41, 5.74) is 1.58. The van der Waals surface area contributed by atoms with Crippen molar-refractivity contribution in [2.24, 2.45) is 0 Å². The van der Waals surface area contributed by atoms with E-state index in [4.69, 9.17) is 4.74 Å². The zero-order valence-corrected chi connectivity index (χ0v) is 13.7. The van der Waals surface area contributed by atoms with Gasteiger partial charge < -0.3 is 15.4 Å². The molecule has 0 spiro atoms. The zero-order chi connectivity index (χ0) is 16.9. The molecule has 1 amide bonds. The Hall–Kier alpha value is -3.01. The first-order valence-electron chi connectivity index (χ1n) is 7.86. The molecule has 0 aliphatic heterocycles. The number of benzene rings is 3. The van der Waals surface area contributed by atoms with Gasteiger partial charge in [0.1, 0.15) is 11.8 Å². The summed E-state index contributed by atoms with van der Waals surface area (Å²) in [6.45, 7) is 1.83. The molecule has 2 N–H and O–H groups in total. The van der Waals surface area contributed by atoms with E-state index in [1.807, 2.05) is 61.5 Å². The van der Waals surface area contributed by atoms with E-state index >= 15 is 0 Å². The van der Waals surface area contributed by atoms with Gasteiger partial charge >= 0.3 is 0 Å². The molecule has 0 aromatic heterocycles. The van der Waals surface area contributed by atoms with Crippen LogP contribution >= 0.6 is 0 Å². The van der Waals surface area contributed by atoms with E-state index in [9.17, 15) is 4.79 Å². The second-order valence-corrected chi connectivity index (χ2v) is 5.62. The molecule has 122 valence electrons. The molecule has 0 fully saturated rings. The van der Waals surface area contributed by atoms with Crippen molar-refractivity contribution in [3.63, 3.8) is 0 Å². The fraction of sp³-hybridized carbons (Fsp3) is 0.150. The van der Waals surface area contributed by atoms with Crippen LogP contribution in [0.25, 0.3) is 10.8 Å². The van der Waals surface area contributed by atoms with E-state index in [1.54, 1.807) is 7.11 Å². The number of rotatable bonds is 5. The topological polar surface area (TPSA) is 50.4 Å². The standard InChI is InChI=1S/C20H20N2O2/c1-14(20(23)22-18-9-5-6-10-19(18)24-2)21-17-12-11-15-7-3-4-8-16(15)13-17/h3-14,21H,1-2H3,(H,22,23)/t14-/m1/s1. The molecule has 4 nitrogen and oxygen atoms in total. The second-order valence-electron chi connectivity index (χ2n) is 5.62. The SMILES string of the molecule is COc1ccccc1NC(=O)[C@@H](C)Nc1ccc2ccccc2c1. The number of para-hydroxylation sites is 2. The predicted octanol–water partition coefficient (Wildman–Crippen LogP) is 4.29. The summed E-state index contributed by atoms with van der Waals surface area (Å²) >= 11 is 0. The molecule has 0 unspecified atom stereocenters. The van der Waals surface area contributed by atoms with Crippen LogP contribution < -0.4 is 15.4 Å². The molecule has 1 atom stereocenters. The quantitative estimate of drug-likeness (QED) is 0.737. The molecule has 24 heavy (non-hydrogen) atoms. The number of carbonyl (C=O) groups is 1. The van der Waals surface area contributed by atoms with Crippen LogP contribution in [-0.4, -0.2) is 19.1 Å². The number of ether oxygens (including phenoxy) is 1. The molecule has 4 heteroatoms. The molecular formula is C20H20N2O2. The third kappa shape index (κ3) is 3.49. The molecular weight excluding hydrogens is 300 g/mol. The smallest absolute Gasteiger partial charge is 0.246 e. The number of fused-ring (bicyclic) bond motifs is 1. The van der Waals surface area contributed by atoms with Crippen LogP contribution in [-0.2, 0) is 4.79 Å². The fourth-order valence-corrected chi connectivity index (χ4v) is 2.58. The van der Waals surface area contributed by atoms with Crippen molar-refractivity contribution < 1.29 is 9.53 Å². The average Bonchev–Trinajstić information content (AvgIpc) is 2.62. The van der Waals surface area contributed by atoms with Crippen LogP contribution in [0.4, 0.5) is 11.4 Å². The molecule has 3 aromatic rings. The number of anilines is 2. The Morgan fingerprint density at radius 3 is 2.46 bits per heavy atom. The van der Waals surface area contributed by atoms with Crippen LogP contribution in [0, 0.1) is 0 Å². The van der Waals surface area contributed by atoms with E-state index in [0.29, 0.717) is 11.4 Å². The van der Waals surface area contributed by atoms with Crippen molar-refractivity contribution in [3.05, 3.63) is 66.7 Å². The lowest BCUT2D eigenvalue weighted by molar-refractivity contribution is -0.116. The highest BCUT2D eigenvalue weighted by atomic mass is 16.5. The normalized spacial score (nSPS) is 11.8. The summed E-state index contributed by atoms with van der Waals surface area (Å²) in [5.74, 6) is 0.524. The lowest BCUT2D eigenvalue weighted by Crippen LogP contribution is -2.31. The Morgan fingerprint density at radius 2 is 1.67 bits per heavy atom. The van der Waals surface area contributed by atoms with Crippen molar-refractivity contribution >= 4 is 28.1 Å². The van der Waals surface area contributed by atoms with E-state index < -0.39 is 0 Å². The number of nitrogens with one attached hydrogen (secondary N) is 2. The van der Waals surface area contributed by atoms with Gasteiger partial charge in [0.15, 0.2) is 0 Å². The third-order valence-corrected chi connectivity index (χ3v) is 3.89. The maximum absolute atomic E-state index is 12.4. The summed E-state index contributed by atoms with van der Waals surface area (Å²) in [6, 6.07) is 21.2. The van der Waals surface area contributed by atoms with Gasteiger partial charge in [0.2, 0.25) is 5.91 Å². The molecule has 0 bridgehead atoms. The van der Waals surface area contributed by atoms with Crippen molar-refractivity contribution in [1.29, 1.82) is 0 Å². The van der Waals surface area contributed by atoms with E-state index in [0.717, 1.165) is 11.1 Å².